The van der Waals surface area contributed by atoms with Gasteiger partial charge in [-0.1, -0.05) is 13.3 Å². The Bertz CT molecular complexity index is 361. The molecule has 1 saturated carbocycles. The highest BCUT2D eigenvalue weighted by molar-refractivity contribution is 14.0. The van der Waals surface area contributed by atoms with Crippen molar-refractivity contribution in [2.24, 2.45) is 16.1 Å². The maximum absolute atomic E-state index is 6.07. The van der Waals surface area contributed by atoms with Crippen LogP contribution in [0.4, 0.5) is 0 Å². The van der Waals surface area contributed by atoms with Gasteiger partial charge in [-0.15, -0.1) is 24.0 Å². The molecular formula is C17H35IN4O. The highest BCUT2D eigenvalue weighted by Crippen LogP contribution is 2.44. The van der Waals surface area contributed by atoms with E-state index < -0.39 is 0 Å². The van der Waals surface area contributed by atoms with Crippen LogP contribution in [0.25, 0.3) is 0 Å². The van der Waals surface area contributed by atoms with Crippen molar-refractivity contribution in [3.8, 4) is 0 Å². The Hall–Kier alpha value is -0.0800. The van der Waals surface area contributed by atoms with Crippen molar-refractivity contribution < 1.29 is 4.74 Å². The number of halogens is 1. The monoisotopic (exact) mass is 438 g/mol. The zero-order valence-electron chi connectivity index (χ0n) is 14.9. The zero-order chi connectivity index (χ0) is 15.8. The number of nitrogens with one attached hydrogen (secondary N) is 1. The molecule has 0 aromatic carbocycles. The number of hydrogen-bond acceptors (Lipinski definition) is 3. The first kappa shape index (κ1) is 21.0. The number of likely N-dealkylation sites (tertiary alicyclic amines) is 1. The minimum atomic E-state index is 0. The van der Waals surface area contributed by atoms with E-state index in [0.29, 0.717) is 17.4 Å². The zero-order valence-corrected chi connectivity index (χ0v) is 17.2. The number of hydrogen-bond donors (Lipinski definition) is 2. The molecule has 1 saturated heterocycles. The number of nitrogens with two attached hydrogens (primary N) is 1. The van der Waals surface area contributed by atoms with Crippen LogP contribution in [0, 0.1) is 5.41 Å². The normalized spacial score (nSPS) is 24.1. The fourth-order valence-corrected chi connectivity index (χ4v) is 3.67. The fraction of sp³-hybridized carbons (Fsp3) is 0.941. The molecule has 1 unspecified atom stereocenters. The minimum absolute atomic E-state index is 0. The van der Waals surface area contributed by atoms with E-state index in [1.807, 2.05) is 0 Å². The van der Waals surface area contributed by atoms with Crippen LogP contribution in [-0.4, -0.2) is 56.3 Å². The molecule has 1 heterocycles. The third kappa shape index (κ3) is 6.38. The number of likely N-dealkylation sites (N-methyl/N-ethyl adjacent to an activating group) is 1. The standard InChI is InChI=1S/C17H34N4O.HI/c1-3-21-11-5-7-15(21)13-19-16(18)20-14-17(8-6-9-17)10-12-22-4-2;/h15H,3-14H2,1-2H3,(H3,18,19,20);1H. The predicted molar refractivity (Wildman–Crippen MR) is 108 cm³/mol. The average molecular weight is 438 g/mol. The second kappa shape index (κ2) is 10.7. The van der Waals surface area contributed by atoms with Crippen LogP contribution in [0.3, 0.4) is 0 Å². The molecule has 2 rings (SSSR count). The van der Waals surface area contributed by atoms with Crippen LogP contribution in [0.15, 0.2) is 4.99 Å². The molecule has 1 aliphatic heterocycles. The Morgan fingerprint density at radius 3 is 2.74 bits per heavy atom. The third-order valence-corrected chi connectivity index (χ3v) is 5.40. The van der Waals surface area contributed by atoms with Gasteiger partial charge in [0, 0.05) is 32.3 Å². The second-order valence-electron chi connectivity index (χ2n) is 6.81. The molecule has 1 aliphatic carbocycles. The number of nitrogens with zero attached hydrogens (tertiary/aromatic N) is 2. The Morgan fingerprint density at radius 1 is 1.35 bits per heavy atom. The molecule has 5 nitrogen and oxygen atoms in total. The molecule has 6 heteroatoms. The lowest BCUT2D eigenvalue weighted by Crippen LogP contribution is -2.43. The molecule has 3 N–H and O–H groups in total. The smallest absolute Gasteiger partial charge is 0.188 e. The van der Waals surface area contributed by atoms with Gasteiger partial charge in [-0.25, -0.2) is 0 Å². The van der Waals surface area contributed by atoms with Gasteiger partial charge in [0.15, 0.2) is 5.96 Å². The molecule has 0 aromatic heterocycles. The Labute approximate surface area is 158 Å². The second-order valence-corrected chi connectivity index (χ2v) is 6.81. The highest BCUT2D eigenvalue weighted by atomic mass is 127. The van der Waals surface area contributed by atoms with E-state index in [1.54, 1.807) is 0 Å². The van der Waals surface area contributed by atoms with Crippen LogP contribution in [0.1, 0.15) is 52.4 Å². The molecule has 2 fully saturated rings. The number of aliphatic imine (C=N–C) groups is 1. The van der Waals surface area contributed by atoms with Crippen LogP contribution in [-0.2, 0) is 4.74 Å². The molecule has 0 spiro atoms. The molecule has 2 aliphatic rings. The van der Waals surface area contributed by atoms with Gasteiger partial charge in [-0.2, -0.15) is 0 Å². The lowest BCUT2D eigenvalue weighted by Gasteiger charge is -2.40. The first-order chi connectivity index (χ1) is 10.7. The maximum atomic E-state index is 6.07. The van der Waals surface area contributed by atoms with Gasteiger partial charge >= 0.3 is 0 Å². The maximum Gasteiger partial charge on any atom is 0.188 e. The summed E-state index contributed by atoms with van der Waals surface area (Å²) in [5.74, 6) is 0.616. The van der Waals surface area contributed by atoms with Crippen molar-refractivity contribution in [3.63, 3.8) is 0 Å². The minimum Gasteiger partial charge on any atom is -0.382 e. The van der Waals surface area contributed by atoms with Gasteiger partial charge in [0.25, 0.3) is 0 Å². The van der Waals surface area contributed by atoms with Crippen molar-refractivity contribution in [3.05, 3.63) is 0 Å². The SMILES string of the molecule is CCOCCC1(CN=C(N)NCC2CCCN2CC)CCC1.I. The van der Waals surface area contributed by atoms with Crippen molar-refractivity contribution >= 4 is 29.9 Å². The van der Waals surface area contributed by atoms with E-state index in [9.17, 15) is 0 Å². The summed E-state index contributed by atoms with van der Waals surface area (Å²) in [6.07, 6.45) is 7.54. The van der Waals surface area contributed by atoms with Crippen LogP contribution in [0.2, 0.25) is 0 Å². The summed E-state index contributed by atoms with van der Waals surface area (Å²) in [5, 5.41) is 3.33. The number of rotatable bonds is 9. The summed E-state index contributed by atoms with van der Waals surface area (Å²) >= 11 is 0. The van der Waals surface area contributed by atoms with E-state index in [4.69, 9.17) is 10.5 Å². The van der Waals surface area contributed by atoms with E-state index in [-0.39, 0.29) is 24.0 Å². The van der Waals surface area contributed by atoms with Gasteiger partial charge in [-0.05, 0) is 57.5 Å². The molecular weight excluding hydrogens is 403 g/mol. The summed E-state index contributed by atoms with van der Waals surface area (Å²) < 4.78 is 5.51. The Kier molecular flexibility index (Phi) is 9.77. The predicted octanol–water partition coefficient (Wildman–Crippen LogP) is 2.59. The molecule has 23 heavy (non-hydrogen) atoms. The van der Waals surface area contributed by atoms with E-state index in [1.165, 1.54) is 38.6 Å². The van der Waals surface area contributed by atoms with Crippen molar-refractivity contribution in [1.29, 1.82) is 0 Å². The molecule has 1 atom stereocenters. The van der Waals surface area contributed by atoms with E-state index in [2.05, 4.69) is 29.1 Å². The largest absolute Gasteiger partial charge is 0.382 e. The van der Waals surface area contributed by atoms with E-state index in [0.717, 1.165) is 39.3 Å². The summed E-state index contributed by atoms with van der Waals surface area (Å²) in [7, 11) is 0. The van der Waals surface area contributed by atoms with Gasteiger partial charge in [0.2, 0.25) is 0 Å². The Morgan fingerprint density at radius 2 is 2.13 bits per heavy atom. The fourth-order valence-electron chi connectivity index (χ4n) is 3.67. The average Bonchev–Trinajstić information content (AvgIpc) is 2.94. The topological polar surface area (TPSA) is 62.9 Å². The lowest BCUT2D eigenvalue weighted by atomic mass is 9.67. The highest BCUT2D eigenvalue weighted by Gasteiger charge is 2.36. The molecule has 136 valence electrons. The summed E-state index contributed by atoms with van der Waals surface area (Å²) in [4.78, 5) is 7.14. The van der Waals surface area contributed by atoms with Crippen molar-refractivity contribution in [2.45, 2.75) is 58.4 Å². The molecule has 0 radical (unpaired) electrons. The number of ether oxygens (including phenoxy) is 1. The van der Waals surface area contributed by atoms with Gasteiger partial charge in [-0.3, -0.25) is 9.89 Å². The first-order valence-corrected chi connectivity index (χ1v) is 9.04. The van der Waals surface area contributed by atoms with Gasteiger partial charge in [0.05, 0.1) is 0 Å². The summed E-state index contributed by atoms with van der Waals surface area (Å²) in [5.41, 5.74) is 6.42. The van der Waals surface area contributed by atoms with Crippen molar-refractivity contribution in [2.75, 3.05) is 39.4 Å². The van der Waals surface area contributed by atoms with Gasteiger partial charge < -0.3 is 15.8 Å². The molecule has 0 aromatic rings. The molecule has 0 bridgehead atoms. The summed E-state index contributed by atoms with van der Waals surface area (Å²) in [6.45, 7) is 10.1. The molecule has 0 amide bonds. The quantitative estimate of drug-likeness (QED) is 0.252. The number of guanidine groups is 1. The van der Waals surface area contributed by atoms with Crippen LogP contribution < -0.4 is 11.1 Å². The third-order valence-electron chi connectivity index (χ3n) is 5.40. The summed E-state index contributed by atoms with van der Waals surface area (Å²) in [6, 6.07) is 0.620. The van der Waals surface area contributed by atoms with Crippen molar-refractivity contribution in [1.82, 2.24) is 10.2 Å². The first-order valence-electron chi connectivity index (χ1n) is 9.04. The lowest BCUT2D eigenvalue weighted by molar-refractivity contribution is 0.0609. The van der Waals surface area contributed by atoms with E-state index >= 15 is 0 Å². The van der Waals surface area contributed by atoms with Gasteiger partial charge in [0.1, 0.15) is 0 Å². The Balaban J connectivity index is 0.00000264. The van der Waals surface area contributed by atoms with Crippen LogP contribution >= 0.6 is 24.0 Å². The van der Waals surface area contributed by atoms with Crippen LogP contribution in [0.5, 0.6) is 0 Å².